The Labute approximate surface area is 123 Å². The summed E-state index contributed by atoms with van der Waals surface area (Å²) in [4.78, 5) is 2.39. The minimum atomic E-state index is 0.652. The molecule has 0 fully saturated rings. The summed E-state index contributed by atoms with van der Waals surface area (Å²) in [5.41, 5.74) is 4.19. The van der Waals surface area contributed by atoms with E-state index in [1.165, 1.54) is 42.5 Å². The van der Waals surface area contributed by atoms with Gasteiger partial charge in [-0.2, -0.15) is 0 Å². The van der Waals surface area contributed by atoms with Crippen molar-refractivity contribution < 1.29 is 0 Å². The summed E-state index contributed by atoms with van der Waals surface area (Å²) in [7, 11) is 4.42. The van der Waals surface area contributed by atoms with Crippen LogP contribution in [0.5, 0.6) is 0 Å². The molecular weight excluding hydrogens is 244 g/mol. The van der Waals surface area contributed by atoms with Gasteiger partial charge in [-0.15, -0.1) is 0 Å². The van der Waals surface area contributed by atoms with Crippen molar-refractivity contribution in [3.63, 3.8) is 0 Å². The highest BCUT2D eigenvalue weighted by Crippen LogP contribution is 2.31. The summed E-state index contributed by atoms with van der Waals surface area (Å²) in [5, 5.41) is 3.46. The lowest BCUT2D eigenvalue weighted by atomic mass is 9.92. The van der Waals surface area contributed by atoms with Crippen LogP contribution >= 0.6 is 0 Å². The molecule has 1 N–H and O–H groups in total. The Morgan fingerprint density at radius 3 is 2.75 bits per heavy atom. The van der Waals surface area contributed by atoms with E-state index in [4.69, 9.17) is 0 Å². The second kappa shape index (κ2) is 7.49. The van der Waals surface area contributed by atoms with Gasteiger partial charge in [-0.3, -0.25) is 0 Å². The number of para-hydroxylation sites is 1. The van der Waals surface area contributed by atoms with E-state index in [-0.39, 0.29) is 0 Å². The van der Waals surface area contributed by atoms with E-state index in [1.54, 1.807) is 0 Å². The van der Waals surface area contributed by atoms with E-state index >= 15 is 0 Å². The Kier molecular flexibility index (Phi) is 5.66. The van der Waals surface area contributed by atoms with Gasteiger partial charge in [0.1, 0.15) is 0 Å². The zero-order chi connectivity index (χ0) is 14.4. The first-order chi connectivity index (χ1) is 9.72. The summed E-state index contributed by atoms with van der Waals surface area (Å²) in [6.07, 6.45) is 8.81. The van der Waals surface area contributed by atoms with Crippen LogP contribution < -0.4 is 5.32 Å². The number of unbranched alkanes of at least 4 members (excludes halogenated alkanes) is 2. The highest BCUT2D eigenvalue weighted by Gasteiger charge is 2.17. The van der Waals surface area contributed by atoms with Crippen LogP contribution in [0.4, 0.5) is 5.69 Å². The molecular formula is C18H28N2. The summed E-state index contributed by atoms with van der Waals surface area (Å²) in [5.74, 6) is 0. The lowest BCUT2D eigenvalue weighted by Gasteiger charge is -2.28. The molecule has 1 aromatic carbocycles. The molecule has 2 rings (SSSR count). The van der Waals surface area contributed by atoms with Gasteiger partial charge >= 0.3 is 0 Å². The first kappa shape index (κ1) is 15.1. The van der Waals surface area contributed by atoms with E-state index in [9.17, 15) is 0 Å². The van der Waals surface area contributed by atoms with Gasteiger partial charge in [0.2, 0.25) is 0 Å². The first-order valence-electron chi connectivity index (χ1n) is 7.91. The molecule has 0 aliphatic carbocycles. The fourth-order valence-corrected chi connectivity index (χ4v) is 2.93. The number of hydrogen-bond acceptors (Lipinski definition) is 2. The lowest BCUT2D eigenvalue weighted by molar-refractivity contribution is 0.276. The largest absolute Gasteiger partial charge is 0.381 e. The Balaban J connectivity index is 2.05. The van der Waals surface area contributed by atoms with E-state index in [2.05, 4.69) is 61.6 Å². The number of nitrogens with zero attached hydrogens (tertiary/aromatic N) is 1. The van der Waals surface area contributed by atoms with Gasteiger partial charge in [-0.25, -0.2) is 0 Å². The van der Waals surface area contributed by atoms with Gasteiger partial charge in [0.05, 0.1) is 0 Å². The van der Waals surface area contributed by atoms with E-state index in [0.717, 1.165) is 13.0 Å². The van der Waals surface area contributed by atoms with Gasteiger partial charge in [-0.05, 0) is 38.6 Å². The van der Waals surface area contributed by atoms with Crippen LogP contribution in [0.15, 0.2) is 30.3 Å². The number of nitrogens with one attached hydrogen (secondary N) is 1. The number of benzene rings is 1. The molecule has 2 nitrogen and oxygen atoms in total. The molecule has 0 bridgehead atoms. The first-order valence-corrected chi connectivity index (χ1v) is 7.91. The summed E-state index contributed by atoms with van der Waals surface area (Å²) in [6.45, 7) is 3.23. The third-order valence-corrected chi connectivity index (χ3v) is 4.24. The fraction of sp³-hybridized carbons (Fsp3) is 0.556. The third-order valence-electron chi connectivity index (χ3n) is 4.24. The highest BCUT2D eigenvalue weighted by atomic mass is 15.1. The summed E-state index contributed by atoms with van der Waals surface area (Å²) in [6, 6.07) is 9.33. The van der Waals surface area contributed by atoms with Crippen molar-refractivity contribution >= 4 is 11.3 Å². The monoisotopic (exact) mass is 272 g/mol. The van der Waals surface area contributed by atoms with Crippen LogP contribution in [-0.2, 0) is 0 Å². The molecule has 0 amide bonds. The molecule has 0 aromatic heterocycles. The average molecular weight is 272 g/mol. The molecule has 0 saturated heterocycles. The van der Waals surface area contributed by atoms with Gasteiger partial charge in [0.25, 0.3) is 0 Å². The summed E-state index contributed by atoms with van der Waals surface area (Å²) < 4.78 is 0. The fourth-order valence-electron chi connectivity index (χ4n) is 2.93. The zero-order valence-corrected chi connectivity index (χ0v) is 13.2. The van der Waals surface area contributed by atoms with Crippen LogP contribution in [0.3, 0.4) is 0 Å². The SMILES string of the molecule is CCCCCC(CC1=CCNc2ccccc21)N(C)C. The maximum Gasteiger partial charge on any atom is 0.0418 e. The Morgan fingerprint density at radius 2 is 2.00 bits per heavy atom. The van der Waals surface area contributed by atoms with Crippen molar-refractivity contribution in [3.8, 4) is 0 Å². The molecule has 0 radical (unpaired) electrons. The molecule has 1 atom stereocenters. The van der Waals surface area contributed by atoms with Gasteiger partial charge in [-0.1, -0.05) is 50.5 Å². The third kappa shape index (κ3) is 3.86. The van der Waals surface area contributed by atoms with E-state index in [0.29, 0.717) is 6.04 Å². The van der Waals surface area contributed by atoms with Gasteiger partial charge in [0.15, 0.2) is 0 Å². The molecule has 110 valence electrons. The lowest BCUT2D eigenvalue weighted by Crippen LogP contribution is -2.28. The molecule has 20 heavy (non-hydrogen) atoms. The maximum atomic E-state index is 3.46. The average Bonchev–Trinajstić information content (AvgIpc) is 2.46. The van der Waals surface area contributed by atoms with Crippen LogP contribution in [0.2, 0.25) is 0 Å². The molecule has 1 unspecified atom stereocenters. The standard InChI is InChI=1S/C18H28N2/c1-4-5-6-9-16(20(2)3)14-15-12-13-19-18-11-8-7-10-17(15)18/h7-8,10-12,16,19H,4-6,9,13-14H2,1-3H3. The second-order valence-corrected chi connectivity index (χ2v) is 5.97. The number of fused-ring (bicyclic) bond motifs is 1. The molecule has 0 spiro atoms. The van der Waals surface area contributed by atoms with Crippen molar-refractivity contribution in [1.82, 2.24) is 4.90 Å². The molecule has 0 saturated carbocycles. The Bertz CT molecular complexity index is 448. The quantitative estimate of drug-likeness (QED) is 0.740. The van der Waals surface area contributed by atoms with Crippen molar-refractivity contribution in [1.29, 1.82) is 0 Å². The highest BCUT2D eigenvalue weighted by molar-refractivity contribution is 5.79. The van der Waals surface area contributed by atoms with Gasteiger partial charge in [0, 0.05) is 23.8 Å². The normalized spacial score (nSPS) is 15.5. The van der Waals surface area contributed by atoms with Crippen LogP contribution in [-0.4, -0.2) is 31.6 Å². The maximum absolute atomic E-state index is 3.46. The second-order valence-electron chi connectivity index (χ2n) is 5.97. The molecule has 1 aromatic rings. The van der Waals surface area contributed by atoms with E-state index < -0.39 is 0 Å². The smallest absolute Gasteiger partial charge is 0.0418 e. The van der Waals surface area contributed by atoms with Crippen molar-refractivity contribution in [3.05, 3.63) is 35.9 Å². The minimum absolute atomic E-state index is 0.652. The van der Waals surface area contributed by atoms with Crippen LogP contribution in [0.25, 0.3) is 5.57 Å². The number of rotatable bonds is 7. The molecule has 1 heterocycles. The number of anilines is 1. The predicted molar refractivity (Wildman–Crippen MR) is 89.1 cm³/mol. The zero-order valence-electron chi connectivity index (χ0n) is 13.2. The number of hydrogen-bond donors (Lipinski definition) is 1. The van der Waals surface area contributed by atoms with Crippen molar-refractivity contribution in [2.75, 3.05) is 26.0 Å². The minimum Gasteiger partial charge on any atom is -0.381 e. The van der Waals surface area contributed by atoms with Crippen molar-refractivity contribution in [2.24, 2.45) is 0 Å². The predicted octanol–water partition coefficient (Wildman–Crippen LogP) is 4.40. The molecule has 1 aliphatic heterocycles. The van der Waals surface area contributed by atoms with Crippen LogP contribution in [0, 0.1) is 0 Å². The van der Waals surface area contributed by atoms with Crippen LogP contribution in [0.1, 0.15) is 44.6 Å². The van der Waals surface area contributed by atoms with Crippen molar-refractivity contribution in [2.45, 2.75) is 45.1 Å². The summed E-state index contributed by atoms with van der Waals surface area (Å²) >= 11 is 0. The molecule has 1 aliphatic rings. The molecule has 2 heteroatoms. The Hall–Kier alpha value is -1.28. The van der Waals surface area contributed by atoms with Gasteiger partial charge < -0.3 is 10.2 Å². The van der Waals surface area contributed by atoms with E-state index in [1.807, 2.05) is 0 Å². The Morgan fingerprint density at radius 1 is 1.20 bits per heavy atom. The topological polar surface area (TPSA) is 15.3 Å².